The number of fused-ring (bicyclic) bond motifs is 1. The number of aromatic hydroxyl groups is 3. The van der Waals surface area contributed by atoms with E-state index < -0.39 is 41.5 Å². The van der Waals surface area contributed by atoms with Crippen LogP contribution in [0.3, 0.4) is 0 Å². The molecule has 0 saturated heterocycles. The molecular weight excluding hydrogens is 638 g/mol. The quantitative estimate of drug-likeness (QED) is 0.0444. The Morgan fingerprint density at radius 2 is 1.20 bits per heavy atom. The molecule has 5 rings (SSSR count). The fraction of sp³-hybridized carbons (Fsp3) is 0.0667. The van der Waals surface area contributed by atoms with E-state index in [-0.39, 0.29) is 33.6 Å². The van der Waals surface area contributed by atoms with Crippen LogP contribution in [-0.2, 0) is 20.2 Å². The second-order valence-electron chi connectivity index (χ2n) is 10.2. The van der Waals surface area contributed by atoms with Gasteiger partial charge in [0.1, 0.15) is 16.3 Å². The molecule has 0 aliphatic rings. The minimum absolute atomic E-state index is 0.110. The molecule has 16 heteroatoms. The average Bonchev–Trinajstić information content (AvgIpc) is 2.97. The number of rotatable bonds is 7. The number of hydrogen-bond acceptors (Lipinski definition) is 12. The summed E-state index contributed by atoms with van der Waals surface area (Å²) in [7, 11) is -9.73. The van der Waals surface area contributed by atoms with Crippen molar-refractivity contribution in [2.45, 2.75) is 23.6 Å². The third-order valence-electron chi connectivity index (χ3n) is 6.97. The van der Waals surface area contributed by atoms with Gasteiger partial charge in [-0.2, -0.15) is 27.1 Å². The molecule has 0 saturated carbocycles. The summed E-state index contributed by atoms with van der Waals surface area (Å²) in [5.74, 6) is -1.47. The Kier molecular flexibility index (Phi) is 8.22. The number of para-hydroxylation sites is 1. The molecule has 0 amide bonds. The average molecular weight is 664 g/mol. The highest BCUT2D eigenvalue weighted by molar-refractivity contribution is 7.86. The lowest BCUT2D eigenvalue weighted by Gasteiger charge is -2.12. The third-order valence-corrected chi connectivity index (χ3v) is 8.67. The van der Waals surface area contributed by atoms with Gasteiger partial charge in [-0.05, 0) is 96.1 Å². The lowest BCUT2D eigenvalue weighted by atomic mass is 10.0. The van der Waals surface area contributed by atoms with Crippen LogP contribution in [0.2, 0.25) is 0 Å². The summed E-state index contributed by atoms with van der Waals surface area (Å²) >= 11 is 0. The van der Waals surface area contributed by atoms with E-state index >= 15 is 0 Å². The fourth-order valence-corrected chi connectivity index (χ4v) is 5.85. The number of azo groups is 2. The van der Waals surface area contributed by atoms with Crippen LogP contribution in [0.15, 0.2) is 103 Å². The van der Waals surface area contributed by atoms with Gasteiger partial charge in [0.15, 0.2) is 17.2 Å². The predicted octanol–water partition coefficient (Wildman–Crippen LogP) is 7.15. The maximum Gasteiger partial charge on any atom is 0.296 e. The molecule has 0 unspecified atom stereocenters. The first-order valence-electron chi connectivity index (χ1n) is 13.1. The zero-order chi connectivity index (χ0) is 33.6. The van der Waals surface area contributed by atoms with Crippen LogP contribution >= 0.6 is 0 Å². The van der Waals surface area contributed by atoms with E-state index in [0.29, 0.717) is 16.9 Å². The lowest BCUT2D eigenvalue weighted by Crippen LogP contribution is -2.02. The van der Waals surface area contributed by atoms with Crippen LogP contribution in [-0.4, -0.2) is 41.3 Å². The summed E-state index contributed by atoms with van der Waals surface area (Å²) in [5, 5.41) is 46.3. The molecule has 0 radical (unpaired) electrons. The van der Waals surface area contributed by atoms with Gasteiger partial charge in [-0.3, -0.25) is 9.11 Å². The summed E-state index contributed by atoms with van der Waals surface area (Å²) in [6.45, 7) is 3.56. The zero-order valence-corrected chi connectivity index (χ0v) is 25.6. The Morgan fingerprint density at radius 1 is 0.630 bits per heavy atom. The monoisotopic (exact) mass is 663 g/mol. The number of aryl methyl sites for hydroxylation is 2. The standard InChI is InChI=1S/C30H25N5O9S2/c1-15-10-17(6-8-22(15)32-34-24-4-3-5-25(36)29(24)37)18-7-9-23(16(2)11-18)33-35-28-26(46(42,43)44)13-19-12-20(45(39,40)41)14-21(31)27(19)30(28)38/h3-14,36-38H,31H2,1-2H3,(H,39,40,41)(H,42,43,44). The Morgan fingerprint density at radius 3 is 1.74 bits per heavy atom. The van der Waals surface area contributed by atoms with Crippen LogP contribution in [0.5, 0.6) is 17.2 Å². The van der Waals surface area contributed by atoms with E-state index in [4.69, 9.17) is 5.73 Å². The van der Waals surface area contributed by atoms with Crippen molar-refractivity contribution in [2.75, 3.05) is 5.73 Å². The summed E-state index contributed by atoms with van der Waals surface area (Å²) in [5.41, 5.74) is 8.93. The number of phenolic OH excluding ortho intramolecular Hbond substituents is 3. The largest absolute Gasteiger partial charge is 0.505 e. The van der Waals surface area contributed by atoms with Gasteiger partial charge in [0.05, 0.1) is 16.3 Å². The van der Waals surface area contributed by atoms with Gasteiger partial charge < -0.3 is 21.1 Å². The molecule has 7 N–H and O–H groups in total. The third kappa shape index (κ3) is 6.36. The summed E-state index contributed by atoms with van der Waals surface area (Å²) < 4.78 is 66.9. The van der Waals surface area contributed by atoms with E-state index in [1.807, 2.05) is 19.1 Å². The van der Waals surface area contributed by atoms with Gasteiger partial charge >= 0.3 is 0 Å². The molecule has 0 atom stereocenters. The van der Waals surface area contributed by atoms with E-state index in [1.165, 1.54) is 18.2 Å². The number of nitrogens with two attached hydrogens (primary N) is 1. The number of nitrogen functional groups attached to an aromatic ring is 1. The molecule has 0 aliphatic carbocycles. The predicted molar refractivity (Wildman–Crippen MR) is 169 cm³/mol. The molecule has 5 aromatic rings. The van der Waals surface area contributed by atoms with Crippen molar-refractivity contribution in [3.05, 3.63) is 83.9 Å². The van der Waals surface area contributed by atoms with Crippen LogP contribution in [0.25, 0.3) is 21.9 Å². The van der Waals surface area contributed by atoms with Crippen molar-refractivity contribution < 1.29 is 41.3 Å². The molecule has 0 aliphatic heterocycles. The second-order valence-corrected chi connectivity index (χ2v) is 13.0. The molecule has 0 bridgehead atoms. The van der Waals surface area contributed by atoms with Gasteiger partial charge in [0, 0.05) is 11.1 Å². The summed E-state index contributed by atoms with van der Waals surface area (Å²) in [6, 6.07) is 17.6. The maximum atomic E-state index is 12.2. The molecule has 14 nitrogen and oxygen atoms in total. The van der Waals surface area contributed by atoms with E-state index in [2.05, 4.69) is 20.5 Å². The van der Waals surface area contributed by atoms with Crippen LogP contribution in [0, 0.1) is 13.8 Å². The van der Waals surface area contributed by atoms with Gasteiger partial charge in [-0.15, -0.1) is 10.2 Å². The van der Waals surface area contributed by atoms with Crippen molar-refractivity contribution in [1.29, 1.82) is 0 Å². The molecule has 236 valence electrons. The lowest BCUT2D eigenvalue weighted by molar-refractivity contribution is 0.404. The number of anilines is 1. The zero-order valence-electron chi connectivity index (χ0n) is 24.0. The first-order chi connectivity index (χ1) is 21.5. The normalized spacial score (nSPS) is 12.4. The second kappa shape index (κ2) is 11.8. The summed E-state index contributed by atoms with van der Waals surface area (Å²) in [6.07, 6.45) is 0. The van der Waals surface area contributed by atoms with Crippen molar-refractivity contribution in [3.8, 4) is 28.4 Å². The Bertz CT molecular complexity index is 2340. The fourth-order valence-electron chi connectivity index (χ4n) is 4.64. The summed E-state index contributed by atoms with van der Waals surface area (Å²) in [4.78, 5) is -1.51. The van der Waals surface area contributed by atoms with Crippen molar-refractivity contribution in [2.24, 2.45) is 20.5 Å². The smallest absolute Gasteiger partial charge is 0.296 e. The minimum Gasteiger partial charge on any atom is -0.505 e. The first kappa shape index (κ1) is 32.0. The molecule has 46 heavy (non-hydrogen) atoms. The molecule has 5 aromatic carbocycles. The Balaban J connectivity index is 1.48. The van der Waals surface area contributed by atoms with Crippen LogP contribution < -0.4 is 5.73 Å². The number of hydrogen-bond donors (Lipinski definition) is 6. The van der Waals surface area contributed by atoms with E-state index in [1.54, 1.807) is 31.2 Å². The highest BCUT2D eigenvalue weighted by Crippen LogP contribution is 2.45. The van der Waals surface area contributed by atoms with E-state index in [9.17, 15) is 41.3 Å². The van der Waals surface area contributed by atoms with Gasteiger partial charge in [-0.1, -0.05) is 18.2 Å². The SMILES string of the molecule is Cc1cc(-c2ccc(N=Nc3c(S(=O)(=O)O)cc4cc(S(=O)(=O)O)cc(N)c4c3O)c(C)c2)ccc1N=Nc1cccc(O)c1O. The first-order valence-corrected chi connectivity index (χ1v) is 16.0. The molecule has 0 spiro atoms. The topological polar surface area (TPSA) is 245 Å². The van der Waals surface area contributed by atoms with Crippen LogP contribution in [0.4, 0.5) is 28.4 Å². The van der Waals surface area contributed by atoms with Gasteiger partial charge in [0.25, 0.3) is 20.2 Å². The Labute approximate surface area is 262 Å². The van der Waals surface area contributed by atoms with Crippen LogP contribution in [0.1, 0.15) is 11.1 Å². The molecule has 0 aromatic heterocycles. The number of phenols is 3. The molecule has 0 fully saturated rings. The number of benzene rings is 5. The van der Waals surface area contributed by atoms with E-state index in [0.717, 1.165) is 34.9 Å². The highest BCUT2D eigenvalue weighted by atomic mass is 32.2. The van der Waals surface area contributed by atoms with Crippen molar-refractivity contribution >= 4 is 59.4 Å². The molecular formula is C30H25N5O9S2. The van der Waals surface area contributed by atoms with Gasteiger partial charge in [-0.25, -0.2) is 0 Å². The van der Waals surface area contributed by atoms with Gasteiger partial charge in [0.2, 0.25) is 0 Å². The minimum atomic E-state index is -5.00. The van der Waals surface area contributed by atoms with Crippen molar-refractivity contribution in [1.82, 2.24) is 0 Å². The number of nitrogens with zero attached hydrogens (tertiary/aromatic N) is 4. The molecule has 0 heterocycles. The maximum absolute atomic E-state index is 12.2. The Hall–Kier alpha value is -5.42. The highest BCUT2D eigenvalue weighted by Gasteiger charge is 2.25. The van der Waals surface area contributed by atoms with Crippen molar-refractivity contribution in [3.63, 3.8) is 0 Å².